The zero-order valence-electron chi connectivity index (χ0n) is 11.9. The van der Waals surface area contributed by atoms with Crippen molar-refractivity contribution in [2.24, 2.45) is 5.92 Å². The molecule has 2 saturated carbocycles. The molecule has 0 amide bonds. The van der Waals surface area contributed by atoms with E-state index < -0.39 is 0 Å². The molecule has 0 bridgehead atoms. The molecule has 0 atom stereocenters. The minimum absolute atomic E-state index is 0.692. The summed E-state index contributed by atoms with van der Waals surface area (Å²) >= 11 is 0. The molecule has 2 aliphatic carbocycles. The largest absolute Gasteiger partial charge is 0.496 e. The first-order chi connectivity index (χ1) is 9.36. The smallest absolute Gasteiger partial charge is 0.122 e. The Morgan fingerprint density at radius 3 is 2.63 bits per heavy atom. The summed E-state index contributed by atoms with van der Waals surface area (Å²) in [5, 5.41) is 3.76. The maximum Gasteiger partial charge on any atom is 0.122 e. The number of methoxy groups -OCH3 is 1. The van der Waals surface area contributed by atoms with Crippen LogP contribution in [0.3, 0.4) is 0 Å². The van der Waals surface area contributed by atoms with E-state index in [9.17, 15) is 0 Å². The first-order valence-electron chi connectivity index (χ1n) is 7.73. The molecule has 2 heteroatoms. The van der Waals surface area contributed by atoms with Gasteiger partial charge in [0.1, 0.15) is 5.75 Å². The summed E-state index contributed by atoms with van der Waals surface area (Å²) < 4.78 is 5.46. The van der Waals surface area contributed by atoms with Crippen LogP contribution >= 0.6 is 0 Å². The lowest BCUT2D eigenvalue weighted by Gasteiger charge is -2.37. The van der Waals surface area contributed by atoms with E-state index in [0.717, 1.165) is 17.7 Å². The predicted octanol–water partition coefficient (Wildman–Crippen LogP) is 3.72. The van der Waals surface area contributed by atoms with E-state index in [1.807, 2.05) is 0 Å². The van der Waals surface area contributed by atoms with Crippen LogP contribution in [0.4, 0.5) is 0 Å². The van der Waals surface area contributed by atoms with E-state index in [1.165, 1.54) is 50.6 Å². The molecule has 1 aromatic rings. The molecular formula is C17H25NO. The highest BCUT2D eigenvalue weighted by molar-refractivity contribution is 5.37. The molecule has 2 aliphatic rings. The van der Waals surface area contributed by atoms with Crippen LogP contribution in [0.15, 0.2) is 24.3 Å². The minimum atomic E-state index is 0.692. The molecule has 0 aromatic heterocycles. The van der Waals surface area contributed by atoms with Crippen molar-refractivity contribution in [1.82, 2.24) is 5.32 Å². The van der Waals surface area contributed by atoms with Crippen molar-refractivity contribution in [3.63, 3.8) is 0 Å². The quantitative estimate of drug-likeness (QED) is 0.870. The van der Waals surface area contributed by atoms with Crippen molar-refractivity contribution in [2.75, 3.05) is 13.7 Å². The van der Waals surface area contributed by atoms with Crippen molar-refractivity contribution in [1.29, 1.82) is 0 Å². The fourth-order valence-electron chi connectivity index (χ4n) is 3.59. The van der Waals surface area contributed by atoms with E-state index in [0.29, 0.717) is 5.92 Å². The summed E-state index contributed by atoms with van der Waals surface area (Å²) in [5.41, 5.74) is 1.39. The monoisotopic (exact) mass is 259 g/mol. The Kier molecular flexibility index (Phi) is 4.07. The van der Waals surface area contributed by atoms with Gasteiger partial charge in [-0.1, -0.05) is 31.0 Å². The Hall–Kier alpha value is -1.02. The van der Waals surface area contributed by atoms with Crippen molar-refractivity contribution in [2.45, 2.75) is 50.5 Å². The average Bonchev–Trinajstić information content (AvgIpc) is 2.90. The normalized spacial score (nSPS) is 27.2. The van der Waals surface area contributed by atoms with Gasteiger partial charge in [-0.05, 0) is 55.7 Å². The third-order valence-electron chi connectivity index (χ3n) is 4.89. The number of benzene rings is 1. The molecule has 0 saturated heterocycles. The number of rotatable bonds is 5. The van der Waals surface area contributed by atoms with Crippen molar-refractivity contribution in [3.8, 4) is 5.75 Å². The second kappa shape index (κ2) is 5.96. The van der Waals surface area contributed by atoms with E-state index >= 15 is 0 Å². The highest BCUT2D eigenvalue weighted by atomic mass is 16.5. The van der Waals surface area contributed by atoms with Crippen LogP contribution in [-0.4, -0.2) is 19.7 Å². The van der Waals surface area contributed by atoms with Gasteiger partial charge in [0.05, 0.1) is 7.11 Å². The zero-order valence-corrected chi connectivity index (χ0v) is 11.9. The highest BCUT2D eigenvalue weighted by Gasteiger charge is 2.32. The number of hydrogen-bond donors (Lipinski definition) is 1. The summed E-state index contributed by atoms with van der Waals surface area (Å²) in [4.78, 5) is 0. The van der Waals surface area contributed by atoms with Crippen LogP contribution in [0.2, 0.25) is 0 Å². The lowest BCUT2D eigenvalue weighted by Crippen LogP contribution is -2.42. The molecule has 19 heavy (non-hydrogen) atoms. The standard InChI is InChI=1S/C17H25NO/c1-19-17-9-5-4-8-16(17)14-10-15(11-14)18-12-13-6-2-3-7-13/h4-5,8-9,13-15,18H,2-3,6-7,10-12H2,1H3. The molecule has 1 N–H and O–H groups in total. The Bertz CT molecular complexity index is 405. The van der Waals surface area contributed by atoms with Crippen LogP contribution in [-0.2, 0) is 0 Å². The van der Waals surface area contributed by atoms with Crippen LogP contribution < -0.4 is 10.1 Å². The fourth-order valence-corrected chi connectivity index (χ4v) is 3.59. The van der Waals surface area contributed by atoms with Crippen LogP contribution in [0, 0.1) is 5.92 Å². The van der Waals surface area contributed by atoms with Gasteiger partial charge in [0.25, 0.3) is 0 Å². The van der Waals surface area contributed by atoms with E-state index in [1.54, 1.807) is 7.11 Å². The molecular weight excluding hydrogens is 234 g/mol. The van der Waals surface area contributed by atoms with Crippen molar-refractivity contribution in [3.05, 3.63) is 29.8 Å². The Balaban J connectivity index is 1.46. The second-order valence-electron chi connectivity index (χ2n) is 6.17. The van der Waals surface area contributed by atoms with Crippen LogP contribution in [0.5, 0.6) is 5.75 Å². The molecule has 0 aliphatic heterocycles. The van der Waals surface area contributed by atoms with Crippen LogP contribution in [0.1, 0.15) is 50.0 Å². The molecule has 2 nitrogen and oxygen atoms in total. The third kappa shape index (κ3) is 2.94. The van der Waals surface area contributed by atoms with Gasteiger partial charge in [-0.3, -0.25) is 0 Å². The van der Waals surface area contributed by atoms with Gasteiger partial charge >= 0.3 is 0 Å². The predicted molar refractivity (Wildman–Crippen MR) is 78.7 cm³/mol. The van der Waals surface area contributed by atoms with E-state index in [-0.39, 0.29) is 0 Å². The SMILES string of the molecule is COc1ccccc1C1CC(NCC2CCCC2)C1. The molecule has 0 unspecified atom stereocenters. The lowest BCUT2D eigenvalue weighted by molar-refractivity contribution is 0.270. The molecule has 104 valence electrons. The summed E-state index contributed by atoms with van der Waals surface area (Å²) in [6.45, 7) is 1.24. The number of hydrogen-bond acceptors (Lipinski definition) is 2. The maximum atomic E-state index is 5.46. The molecule has 0 radical (unpaired) electrons. The van der Waals surface area contributed by atoms with E-state index in [2.05, 4.69) is 29.6 Å². The zero-order chi connectivity index (χ0) is 13.1. The number of ether oxygens (including phenoxy) is 1. The van der Waals surface area contributed by atoms with Crippen molar-refractivity contribution < 1.29 is 4.74 Å². The summed E-state index contributed by atoms with van der Waals surface area (Å²) in [6, 6.07) is 9.20. The summed E-state index contributed by atoms with van der Waals surface area (Å²) in [5.74, 6) is 2.70. The Morgan fingerprint density at radius 2 is 1.89 bits per heavy atom. The van der Waals surface area contributed by atoms with Gasteiger partial charge in [0, 0.05) is 6.04 Å². The minimum Gasteiger partial charge on any atom is -0.496 e. The van der Waals surface area contributed by atoms with Gasteiger partial charge in [-0.15, -0.1) is 0 Å². The van der Waals surface area contributed by atoms with Gasteiger partial charge < -0.3 is 10.1 Å². The molecule has 3 rings (SSSR count). The Morgan fingerprint density at radius 1 is 1.16 bits per heavy atom. The summed E-state index contributed by atoms with van der Waals surface area (Å²) in [7, 11) is 1.77. The van der Waals surface area contributed by atoms with Gasteiger partial charge in [0.15, 0.2) is 0 Å². The topological polar surface area (TPSA) is 21.3 Å². The van der Waals surface area contributed by atoms with Gasteiger partial charge in [-0.25, -0.2) is 0 Å². The highest BCUT2D eigenvalue weighted by Crippen LogP contribution is 2.41. The van der Waals surface area contributed by atoms with Gasteiger partial charge in [-0.2, -0.15) is 0 Å². The second-order valence-corrected chi connectivity index (χ2v) is 6.17. The maximum absolute atomic E-state index is 5.46. The number of para-hydroxylation sites is 1. The Labute approximate surface area is 116 Å². The molecule has 0 heterocycles. The third-order valence-corrected chi connectivity index (χ3v) is 4.89. The van der Waals surface area contributed by atoms with Crippen LogP contribution in [0.25, 0.3) is 0 Å². The first kappa shape index (κ1) is 13.0. The molecule has 0 spiro atoms. The number of nitrogens with one attached hydrogen (secondary N) is 1. The fraction of sp³-hybridized carbons (Fsp3) is 0.647. The lowest BCUT2D eigenvalue weighted by atomic mass is 9.75. The van der Waals surface area contributed by atoms with E-state index in [4.69, 9.17) is 4.74 Å². The average molecular weight is 259 g/mol. The molecule has 2 fully saturated rings. The van der Waals surface area contributed by atoms with Gasteiger partial charge in [0.2, 0.25) is 0 Å². The summed E-state index contributed by atoms with van der Waals surface area (Å²) in [6.07, 6.45) is 8.31. The van der Waals surface area contributed by atoms with Crippen molar-refractivity contribution >= 4 is 0 Å². The molecule has 1 aromatic carbocycles. The first-order valence-corrected chi connectivity index (χ1v) is 7.73.